The minimum Gasteiger partial charge on any atom is -0.456 e. The number of rotatable bonds is 4. The van der Waals surface area contributed by atoms with Gasteiger partial charge in [-0.15, -0.1) is 0 Å². The van der Waals surface area contributed by atoms with Gasteiger partial charge in [-0.05, 0) is 82.6 Å². The van der Waals surface area contributed by atoms with E-state index < -0.39 is 0 Å². The van der Waals surface area contributed by atoms with Gasteiger partial charge in [0.1, 0.15) is 11.2 Å². The first-order valence-corrected chi connectivity index (χ1v) is 15.1. The van der Waals surface area contributed by atoms with E-state index in [0.717, 1.165) is 60.9 Å². The molecule has 0 aliphatic carbocycles. The lowest BCUT2D eigenvalue weighted by molar-refractivity contribution is 0.360. The highest BCUT2D eigenvalue weighted by Crippen LogP contribution is 2.50. The predicted octanol–water partition coefficient (Wildman–Crippen LogP) is 12.4. The zero-order valence-corrected chi connectivity index (χ0v) is 24.7. The molecule has 214 valence electrons. The molecule has 0 spiro atoms. The second-order valence-corrected chi connectivity index (χ2v) is 11.6. The van der Waals surface area contributed by atoms with E-state index in [0.29, 0.717) is 28.0 Å². The normalized spacial score (nSPS) is 12.0. The van der Waals surface area contributed by atoms with Crippen molar-refractivity contribution < 1.29 is 13.9 Å². The smallest absolute Gasteiger partial charge is 0.172 e. The fraction of sp³-hybridized carbons (Fsp3) is 0. The van der Waals surface area contributed by atoms with Crippen molar-refractivity contribution in [1.29, 1.82) is 0 Å². The van der Waals surface area contributed by atoms with Crippen LogP contribution in [0.3, 0.4) is 0 Å². The van der Waals surface area contributed by atoms with Gasteiger partial charge in [0.15, 0.2) is 23.0 Å². The third kappa shape index (κ3) is 4.38. The van der Waals surface area contributed by atoms with Crippen LogP contribution < -0.4 is 14.4 Å². The average Bonchev–Trinajstić information content (AvgIpc) is 3.46. The lowest BCUT2D eigenvalue weighted by Gasteiger charge is -2.28. The van der Waals surface area contributed by atoms with E-state index >= 15 is 0 Å². The third-order valence-corrected chi connectivity index (χ3v) is 8.58. The Kier molecular flexibility index (Phi) is 5.83. The Labute approximate surface area is 264 Å². The molecule has 5 heteroatoms. The number of nitrogens with zero attached hydrogens (tertiary/aromatic N) is 1. The number of halogens is 1. The van der Waals surface area contributed by atoms with Crippen LogP contribution in [0, 0.1) is 0 Å². The van der Waals surface area contributed by atoms with Crippen LogP contribution in [-0.4, -0.2) is 0 Å². The van der Waals surface area contributed by atoms with Crippen molar-refractivity contribution in [3.05, 3.63) is 151 Å². The maximum absolute atomic E-state index is 6.48. The summed E-state index contributed by atoms with van der Waals surface area (Å²) in [4.78, 5) is 2.21. The van der Waals surface area contributed by atoms with E-state index in [1.165, 1.54) is 0 Å². The van der Waals surface area contributed by atoms with E-state index in [9.17, 15) is 0 Å². The average molecular weight is 602 g/mol. The standard InChI is InChI=1S/C40H24ClNO3/c41-28-16-14-25(15-17-28)33-22-31(24-39-40(33)32-12-6-7-13-34(32)43-39)42(29-10-2-1-3-11-29)30-18-19-35-38(23-30)45-37-21-27-9-5-4-8-26(27)20-36(37)44-35/h1-24H. The first-order valence-electron chi connectivity index (χ1n) is 14.8. The number of hydrogen-bond acceptors (Lipinski definition) is 4. The van der Waals surface area contributed by atoms with Crippen LogP contribution in [0.1, 0.15) is 0 Å². The molecule has 0 saturated heterocycles. The molecule has 0 atom stereocenters. The van der Waals surface area contributed by atoms with Crippen molar-refractivity contribution >= 4 is 61.4 Å². The highest BCUT2D eigenvalue weighted by Gasteiger charge is 2.24. The molecule has 0 bridgehead atoms. The summed E-state index contributed by atoms with van der Waals surface area (Å²) in [6.07, 6.45) is 0. The zero-order chi connectivity index (χ0) is 29.9. The minimum atomic E-state index is 0.652. The van der Waals surface area contributed by atoms with Gasteiger partial charge in [0.05, 0.1) is 11.4 Å². The molecular formula is C40H24ClNO3. The van der Waals surface area contributed by atoms with Crippen molar-refractivity contribution in [3.8, 4) is 34.1 Å². The molecule has 1 aromatic heterocycles. The van der Waals surface area contributed by atoms with Gasteiger partial charge in [0.2, 0.25) is 0 Å². The van der Waals surface area contributed by atoms with Gasteiger partial charge in [0, 0.05) is 33.6 Å². The molecule has 0 unspecified atom stereocenters. The number of fused-ring (bicyclic) bond motifs is 6. The summed E-state index contributed by atoms with van der Waals surface area (Å²) in [7, 11) is 0. The fourth-order valence-electron chi connectivity index (χ4n) is 6.25. The van der Waals surface area contributed by atoms with Gasteiger partial charge in [-0.25, -0.2) is 0 Å². The van der Waals surface area contributed by atoms with Crippen LogP contribution in [0.4, 0.5) is 17.1 Å². The third-order valence-electron chi connectivity index (χ3n) is 8.33. The molecule has 45 heavy (non-hydrogen) atoms. The molecular weight excluding hydrogens is 578 g/mol. The largest absolute Gasteiger partial charge is 0.456 e. The maximum atomic E-state index is 6.48. The van der Waals surface area contributed by atoms with E-state index in [4.69, 9.17) is 25.5 Å². The van der Waals surface area contributed by atoms with Crippen molar-refractivity contribution in [2.45, 2.75) is 0 Å². The molecule has 4 nitrogen and oxygen atoms in total. The molecule has 7 aromatic carbocycles. The van der Waals surface area contributed by atoms with Gasteiger partial charge in [-0.1, -0.05) is 84.4 Å². The van der Waals surface area contributed by atoms with Crippen LogP contribution in [0.2, 0.25) is 5.02 Å². The Bertz CT molecular complexity index is 2400. The Morgan fingerprint density at radius 3 is 1.91 bits per heavy atom. The van der Waals surface area contributed by atoms with E-state index in [-0.39, 0.29) is 0 Å². The van der Waals surface area contributed by atoms with E-state index in [1.54, 1.807) is 0 Å². The summed E-state index contributed by atoms with van der Waals surface area (Å²) < 4.78 is 19.3. The van der Waals surface area contributed by atoms with Gasteiger partial charge in [-0.2, -0.15) is 0 Å². The fourth-order valence-corrected chi connectivity index (χ4v) is 6.37. The second-order valence-electron chi connectivity index (χ2n) is 11.1. The SMILES string of the molecule is Clc1ccc(-c2cc(N(c3ccccc3)c3ccc4c(c3)Oc3cc5ccccc5cc3O4)cc3oc4ccccc4c23)cc1. The molecule has 2 heterocycles. The van der Waals surface area contributed by atoms with Crippen LogP contribution >= 0.6 is 11.6 Å². The molecule has 1 aliphatic rings. The van der Waals surface area contributed by atoms with Crippen molar-refractivity contribution in [2.24, 2.45) is 0 Å². The summed E-state index contributed by atoms with van der Waals surface area (Å²) in [5, 5.41) is 5.03. The van der Waals surface area contributed by atoms with Gasteiger partial charge in [0.25, 0.3) is 0 Å². The van der Waals surface area contributed by atoms with Crippen LogP contribution in [0.5, 0.6) is 23.0 Å². The first-order chi connectivity index (χ1) is 22.2. The maximum Gasteiger partial charge on any atom is 0.172 e. The van der Waals surface area contributed by atoms with Gasteiger partial charge >= 0.3 is 0 Å². The van der Waals surface area contributed by atoms with Crippen molar-refractivity contribution in [1.82, 2.24) is 0 Å². The Morgan fingerprint density at radius 2 is 1.13 bits per heavy atom. The van der Waals surface area contributed by atoms with E-state index in [1.807, 2.05) is 84.9 Å². The Morgan fingerprint density at radius 1 is 0.467 bits per heavy atom. The monoisotopic (exact) mass is 601 g/mol. The van der Waals surface area contributed by atoms with Gasteiger partial charge < -0.3 is 18.8 Å². The Hall–Kier alpha value is -5.71. The van der Waals surface area contributed by atoms with Crippen LogP contribution in [0.25, 0.3) is 43.8 Å². The summed E-state index contributed by atoms with van der Waals surface area (Å²) in [6.45, 7) is 0. The summed E-state index contributed by atoms with van der Waals surface area (Å²) in [5.41, 5.74) is 6.62. The quantitative estimate of drug-likeness (QED) is 0.201. The molecule has 0 radical (unpaired) electrons. The molecule has 0 amide bonds. The molecule has 0 N–H and O–H groups in total. The number of para-hydroxylation sites is 2. The van der Waals surface area contributed by atoms with Crippen molar-refractivity contribution in [2.75, 3.05) is 4.90 Å². The number of benzene rings is 7. The lowest BCUT2D eigenvalue weighted by atomic mass is 9.98. The topological polar surface area (TPSA) is 34.8 Å². The Balaban J connectivity index is 1.23. The van der Waals surface area contributed by atoms with Gasteiger partial charge in [-0.3, -0.25) is 0 Å². The number of hydrogen-bond donors (Lipinski definition) is 0. The lowest BCUT2D eigenvalue weighted by Crippen LogP contribution is -2.11. The molecule has 1 aliphatic heterocycles. The summed E-state index contributed by atoms with van der Waals surface area (Å²) in [5.74, 6) is 2.72. The van der Waals surface area contributed by atoms with Crippen molar-refractivity contribution in [3.63, 3.8) is 0 Å². The molecule has 0 saturated carbocycles. The number of anilines is 3. The van der Waals surface area contributed by atoms with Crippen LogP contribution in [0.15, 0.2) is 150 Å². The molecule has 8 aromatic rings. The minimum absolute atomic E-state index is 0.652. The summed E-state index contributed by atoms with van der Waals surface area (Å²) >= 11 is 6.30. The van der Waals surface area contributed by atoms with Crippen LogP contribution in [-0.2, 0) is 0 Å². The number of ether oxygens (including phenoxy) is 2. The molecule has 0 fully saturated rings. The number of furan rings is 1. The summed E-state index contributed by atoms with van der Waals surface area (Å²) in [6, 6.07) is 49.1. The van der Waals surface area contributed by atoms with E-state index in [2.05, 4.69) is 65.6 Å². The highest BCUT2D eigenvalue weighted by atomic mass is 35.5. The first kappa shape index (κ1) is 25.8. The molecule has 9 rings (SSSR count). The zero-order valence-electron chi connectivity index (χ0n) is 23.9. The highest BCUT2D eigenvalue weighted by molar-refractivity contribution is 6.30. The predicted molar refractivity (Wildman–Crippen MR) is 183 cm³/mol. The second kappa shape index (κ2) is 10.2.